The average molecular weight is 356 g/mol. The van der Waals surface area contributed by atoms with Crippen LogP contribution < -0.4 is 0 Å². The summed E-state index contributed by atoms with van der Waals surface area (Å²) in [4.78, 5) is 0.447. The molecule has 25 heavy (non-hydrogen) atoms. The number of nitrogens with zero attached hydrogens (tertiary/aromatic N) is 8. The number of benzene rings is 1. The predicted octanol–water partition coefficient (Wildman–Crippen LogP) is 2.24. The lowest BCUT2D eigenvalue weighted by molar-refractivity contribution is 0.601. The smallest absolute Gasteiger partial charge is 0.207 e. The van der Waals surface area contributed by atoms with Gasteiger partial charge in [-0.1, -0.05) is 11.3 Å². The molecule has 1 aromatic carbocycles. The Bertz CT molecular complexity index is 1240. The maximum absolute atomic E-state index is 14.1. The van der Waals surface area contributed by atoms with E-state index in [1.54, 1.807) is 12.3 Å². The molecule has 0 bridgehead atoms. The molecule has 5 rings (SSSR count). The molecule has 0 fully saturated rings. The van der Waals surface area contributed by atoms with Gasteiger partial charge in [0.05, 0.1) is 11.1 Å². The van der Waals surface area contributed by atoms with Crippen molar-refractivity contribution >= 4 is 21.9 Å². The fourth-order valence-electron chi connectivity index (χ4n) is 2.50. The van der Waals surface area contributed by atoms with E-state index >= 15 is 0 Å². The summed E-state index contributed by atoms with van der Waals surface area (Å²) in [6.07, 6.45) is 1.71. The van der Waals surface area contributed by atoms with Crippen molar-refractivity contribution in [3.05, 3.63) is 48.2 Å². The lowest BCUT2D eigenvalue weighted by Gasteiger charge is -2.00. The van der Waals surface area contributed by atoms with Crippen LogP contribution in [-0.2, 0) is 0 Å². The Morgan fingerprint density at radius 3 is 2.84 bits per heavy atom. The van der Waals surface area contributed by atoms with Crippen LogP contribution in [0.25, 0.3) is 32.6 Å². The molecule has 0 unspecified atom stereocenters. The minimum atomic E-state index is -0.603. The number of hydrogen-bond donors (Lipinski definition) is 0. The van der Waals surface area contributed by atoms with Gasteiger partial charge in [-0.3, -0.25) is 0 Å². The van der Waals surface area contributed by atoms with Gasteiger partial charge in [-0.05, 0) is 40.8 Å². The van der Waals surface area contributed by atoms with Crippen LogP contribution in [0.2, 0.25) is 0 Å². The Morgan fingerprint density at radius 2 is 1.92 bits per heavy atom. The molecule has 0 spiro atoms. The normalized spacial score (nSPS) is 11.6. The Morgan fingerprint density at radius 1 is 1.00 bits per heavy atom. The second-order valence-electron chi connectivity index (χ2n) is 5.12. The topological polar surface area (TPSA) is 86.2 Å². The van der Waals surface area contributed by atoms with Gasteiger partial charge in [0.25, 0.3) is 0 Å². The van der Waals surface area contributed by atoms with Crippen molar-refractivity contribution in [2.45, 2.75) is 0 Å². The molecule has 0 atom stereocenters. The summed E-state index contributed by atoms with van der Waals surface area (Å²) >= 11 is 1.25. The Balaban J connectivity index is 1.73. The third-order valence-corrected chi connectivity index (χ3v) is 4.55. The van der Waals surface area contributed by atoms with Crippen molar-refractivity contribution in [2.75, 3.05) is 0 Å². The van der Waals surface area contributed by atoms with Crippen molar-refractivity contribution in [3.63, 3.8) is 0 Å². The summed E-state index contributed by atoms with van der Waals surface area (Å²) in [6, 6.07) is 6.76. The summed E-state index contributed by atoms with van der Waals surface area (Å²) in [5.41, 5.74) is 1.23. The largest absolute Gasteiger partial charge is 0.235 e. The zero-order chi connectivity index (χ0) is 17.0. The number of rotatable bonds is 2. The van der Waals surface area contributed by atoms with Crippen LogP contribution in [-0.4, -0.2) is 39.9 Å². The highest BCUT2D eigenvalue weighted by molar-refractivity contribution is 7.19. The summed E-state index contributed by atoms with van der Waals surface area (Å²) in [7, 11) is 0. The van der Waals surface area contributed by atoms with Crippen molar-refractivity contribution in [3.8, 4) is 22.0 Å². The third-order valence-electron chi connectivity index (χ3n) is 3.61. The zero-order valence-corrected chi connectivity index (χ0v) is 13.0. The minimum absolute atomic E-state index is 0.00768. The van der Waals surface area contributed by atoms with Gasteiger partial charge < -0.3 is 0 Å². The zero-order valence-electron chi connectivity index (χ0n) is 12.2. The van der Waals surface area contributed by atoms with Gasteiger partial charge in [0.2, 0.25) is 4.96 Å². The van der Waals surface area contributed by atoms with Gasteiger partial charge in [0, 0.05) is 6.20 Å². The third kappa shape index (κ3) is 2.09. The summed E-state index contributed by atoms with van der Waals surface area (Å²) in [5, 5.41) is 24.4. The highest BCUT2D eigenvalue weighted by Crippen LogP contribution is 2.30. The summed E-state index contributed by atoms with van der Waals surface area (Å²) in [5.74, 6) is -1.04. The predicted molar refractivity (Wildman–Crippen MR) is 83.8 cm³/mol. The molecule has 4 aromatic heterocycles. The first kappa shape index (κ1) is 14.0. The first-order chi connectivity index (χ1) is 12.2. The van der Waals surface area contributed by atoms with E-state index in [-0.39, 0.29) is 11.4 Å². The average Bonchev–Trinajstić information content (AvgIpc) is 3.31. The van der Waals surface area contributed by atoms with E-state index in [0.717, 1.165) is 18.2 Å². The fraction of sp³-hybridized carbons (Fsp3) is 0. The number of tetrazole rings is 1. The molecule has 4 heterocycles. The molecule has 5 aromatic rings. The number of fused-ring (bicyclic) bond motifs is 2. The van der Waals surface area contributed by atoms with E-state index in [4.69, 9.17) is 0 Å². The molecule has 0 aliphatic rings. The van der Waals surface area contributed by atoms with Gasteiger partial charge in [-0.15, -0.1) is 15.3 Å². The van der Waals surface area contributed by atoms with Crippen LogP contribution in [0.3, 0.4) is 0 Å². The first-order valence-corrected chi connectivity index (χ1v) is 7.87. The lowest BCUT2D eigenvalue weighted by Crippen LogP contribution is -1.95. The molecule has 0 aliphatic heterocycles. The fourth-order valence-corrected chi connectivity index (χ4v) is 3.36. The standard InChI is InChI=1S/C14H6F2N8S/c15-7-3-4-10(16)9(6-7)12-17-19-14-24(12)20-13(25-14)8-2-1-5-23-11(8)18-21-22-23/h1-6H. The molecule has 0 radical (unpaired) electrons. The maximum Gasteiger partial charge on any atom is 0.235 e. The Kier molecular flexibility index (Phi) is 2.85. The maximum atomic E-state index is 14.1. The molecular weight excluding hydrogens is 350 g/mol. The molecule has 0 aliphatic carbocycles. The number of halogens is 2. The Labute approximate surface area is 141 Å². The van der Waals surface area contributed by atoms with E-state index in [1.165, 1.54) is 20.4 Å². The van der Waals surface area contributed by atoms with Gasteiger partial charge >= 0.3 is 0 Å². The number of hydrogen-bond acceptors (Lipinski definition) is 7. The molecule has 8 nitrogen and oxygen atoms in total. The molecule has 122 valence electrons. The Hall–Kier alpha value is -3.34. The monoisotopic (exact) mass is 356 g/mol. The molecule has 0 saturated heterocycles. The van der Waals surface area contributed by atoms with Crippen LogP contribution in [0.15, 0.2) is 36.5 Å². The number of aromatic nitrogens is 8. The molecule has 11 heteroatoms. The molecule has 0 amide bonds. The van der Waals surface area contributed by atoms with Crippen molar-refractivity contribution in [2.24, 2.45) is 0 Å². The summed E-state index contributed by atoms with van der Waals surface area (Å²) < 4.78 is 30.4. The van der Waals surface area contributed by atoms with Crippen LogP contribution in [0.4, 0.5) is 8.78 Å². The van der Waals surface area contributed by atoms with Crippen LogP contribution in [0, 0.1) is 11.6 Å². The summed E-state index contributed by atoms with van der Waals surface area (Å²) in [6.45, 7) is 0. The van der Waals surface area contributed by atoms with Crippen LogP contribution >= 0.6 is 11.3 Å². The quantitative estimate of drug-likeness (QED) is 0.482. The van der Waals surface area contributed by atoms with Crippen molar-refractivity contribution in [1.29, 1.82) is 0 Å². The van der Waals surface area contributed by atoms with Crippen LogP contribution in [0.1, 0.15) is 0 Å². The lowest BCUT2D eigenvalue weighted by atomic mass is 10.2. The highest BCUT2D eigenvalue weighted by atomic mass is 32.1. The van der Waals surface area contributed by atoms with Gasteiger partial charge in [-0.25, -0.2) is 8.78 Å². The molecule has 0 saturated carbocycles. The van der Waals surface area contributed by atoms with Gasteiger partial charge in [0.15, 0.2) is 16.5 Å². The SMILES string of the molecule is Fc1ccc(F)c(-c2nnc3sc(-c4cccn5nnnc45)nn23)c1. The number of pyridine rings is 1. The van der Waals surface area contributed by atoms with Gasteiger partial charge in [0.1, 0.15) is 11.6 Å². The van der Waals surface area contributed by atoms with E-state index in [9.17, 15) is 8.78 Å². The minimum Gasteiger partial charge on any atom is -0.207 e. The second-order valence-corrected chi connectivity index (χ2v) is 6.07. The van der Waals surface area contributed by atoms with Crippen LogP contribution in [0.5, 0.6) is 0 Å². The molecule has 0 N–H and O–H groups in total. The van der Waals surface area contributed by atoms with Crippen molar-refractivity contribution < 1.29 is 8.78 Å². The van der Waals surface area contributed by atoms with E-state index in [1.807, 2.05) is 6.07 Å². The first-order valence-electron chi connectivity index (χ1n) is 7.05. The van der Waals surface area contributed by atoms with E-state index in [0.29, 0.717) is 21.2 Å². The van der Waals surface area contributed by atoms with Gasteiger partial charge in [-0.2, -0.15) is 14.1 Å². The van der Waals surface area contributed by atoms with E-state index in [2.05, 4.69) is 30.8 Å². The van der Waals surface area contributed by atoms with E-state index < -0.39 is 11.6 Å². The second kappa shape index (κ2) is 5.08. The highest BCUT2D eigenvalue weighted by Gasteiger charge is 2.19. The molecular formula is C14H6F2N8S. The van der Waals surface area contributed by atoms with Crippen molar-refractivity contribution in [1.82, 2.24) is 39.9 Å².